The van der Waals surface area contributed by atoms with Gasteiger partial charge < -0.3 is 19.6 Å². The fraction of sp³-hybridized carbons (Fsp3) is 0.312. The molecule has 0 radical (unpaired) electrons. The summed E-state index contributed by atoms with van der Waals surface area (Å²) in [5.41, 5.74) is 1.38. The number of imidazole rings is 1. The van der Waals surface area contributed by atoms with Gasteiger partial charge in [0.05, 0.1) is 28.6 Å². The van der Waals surface area contributed by atoms with Gasteiger partial charge in [0.1, 0.15) is 4.83 Å². The van der Waals surface area contributed by atoms with Crippen molar-refractivity contribution in [3.05, 3.63) is 44.8 Å². The molecule has 1 aliphatic heterocycles. The number of nitrogens with one attached hydrogen (secondary N) is 1. The Balaban J connectivity index is 1.82. The number of rotatable bonds is 2. The summed E-state index contributed by atoms with van der Waals surface area (Å²) in [6, 6.07) is -1.15. The predicted molar refractivity (Wildman–Crippen MR) is 93.3 cm³/mol. The first-order valence-electron chi connectivity index (χ1n) is 7.90. The van der Waals surface area contributed by atoms with E-state index in [9.17, 15) is 19.5 Å². The van der Waals surface area contributed by atoms with Crippen LogP contribution in [-0.4, -0.2) is 47.9 Å². The summed E-state index contributed by atoms with van der Waals surface area (Å²) >= 11 is 1.11. The predicted octanol–water partition coefficient (Wildman–Crippen LogP) is 0.851. The Hall–Kier alpha value is -3.01. The number of aliphatic carboxylic acids is 1. The molecular weight excluding hydrogens is 358 g/mol. The highest BCUT2D eigenvalue weighted by Gasteiger charge is 2.39. The molecule has 10 heteroatoms. The number of thiophene rings is 1. The number of carboxylic acids is 1. The van der Waals surface area contributed by atoms with E-state index in [-0.39, 0.29) is 12.1 Å². The van der Waals surface area contributed by atoms with Gasteiger partial charge in [0.2, 0.25) is 0 Å². The second-order valence-electron chi connectivity index (χ2n) is 6.15. The third-order valence-corrected chi connectivity index (χ3v) is 5.81. The molecule has 0 saturated heterocycles. The van der Waals surface area contributed by atoms with Crippen LogP contribution in [0, 0.1) is 6.92 Å². The lowest BCUT2D eigenvalue weighted by Gasteiger charge is -2.32. The van der Waals surface area contributed by atoms with Crippen LogP contribution in [0.1, 0.15) is 32.7 Å². The van der Waals surface area contributed by atoms with E-state index < -0.39 is 17.9 Å². The Morgan fingerprint density at radius 3 is 2.88 bits per heavy atom. The van der Waals surface area contributed by atoms with Gasteiger partial charge >= 0.3 is 5.97 Å². The van der Waals surface area contributed by atoms with Crippen LogP contribution in [0.3, 0.4) is 0 Å². The first kappa shape index (κ1) is 16.5. The minimum Gasteiger partial charge on any atom is -0.479 e. The van der Waals surface area contributed by atoms with Crippen molar-refractivity contribution in [1.29, 1.82) is 0 Å². The Labute approximate surface area is 150 Å². The molecule has 0 unspecified atom stereocenters. The molecule has 1 atom stereocenters. The van der Waals surface area contributed by atoms with Gasteiger partial charge in [0, 0.05) is 25.7 Å². The maximum absolute atomic E-state index is 13.1. The molecule has 0 bridgehead atoms. The van der Waals surface area contributed by atoms with Gasteiger partial charge in [-0.3, -0.25) is 9.59 Å². The number of carbonyl (C=O) groups is 2. The van der Waals surface area contributed by atoms with Gasteiger partial charge in [-0.25, -0.2) is 14.8 Å². The Morgan fingerprint density at radius 1 is 1.38 bits per heavy atom. The van der Waals surface area contributed by atoms with Gasteiger partial charge in [0.25, 0.3) is 11.5 Å². The molecule has 0 fully saturated rings. The summed E-state index contributed by atoms with van der Waals surface area (Å²) in [5.74, 6) is -1.56. The lowest BCUT2D eigenvalue weighted by Crippen LogP contribution is -2.43. The van der Waals surface area contributed by atoms with Gasteiger partial charge in [-0.2, -0.15) is 0 Å². The smallest absolute Gasteiger partial charge is 0.332 e. The highest BCUT2D eigenvalue weighted by molar-refractivity contribution is 7.20. The van der Waals surface area contributed by atoms with Crippen LogP contribution < -0.4 is 5.56 Å². The SMILES string of the molecule is Cc1c(C(=O)N2CCc3[nH]cnc3[C@H]2C(=O)O)sc2ncn(C)c(=O)c12. The van der Waals surface area contributed by atoms with E-state index in [2.05, 4.69) is 15.0 Å². The summed E-state index contributed by atoms with van der Waals surface area (Å²) in [6.07, 6.45) is 3.34. The van der Waals surface area contributed by atoms with Crippen molar-refractivity contribution in [1.82, 2.24) is 24.4 Å². The molecule has 0 aromatic carbocycles. The Morgan fingerprint density at radius 2 is 2.15 bits per heavy atom. The molecule has 4 rings (SSSR count). The number of hydrogen-bond acceptors (Lipinski definition) is 6. The number of carboxylic acid groups (broad SMARTS) is 1. The third-order valence-electron chi connectivity index (χ3n) is 4.62. The summed E-state index contributed by atoms with van der Waals surface area (Å²) in [4.78, 5) is 50.6. The normalized spacial score (nSPS) is 16.7. The summed E-state index contributed by atoms with van der Waals surface area (Å²) in [7, 11) is 1.59. The number of fused-ring (bicyclic) bond motifs is 2. The van der Waals surface area contributed by atoms with Crippen molar-refractivity contribution < 1.29 is 14.7 Å². The number of aromatic amines is 1. The monoisotopic (exact) mass is 373 g/mol. The molecule has 0 saturated carbocycles. The van der Waals surface area contributed by atoms with E-state index in [1.165, 1.54) is 22.1 Å². The molecule has 3 aromatic rings. The van der Waals surface area contributed by atoms with E-state index in [4.69, 9.17) is 0 Å². The van der Waals surface area contributed by atoms with E-state index in [0.717, 1.165) is 17.0 Å². The number of nitrogens with zero attached hydrogens (tertiary/aromatic N) is 4. The van der Waals surface area contributed by atoms with Crippen molar-refractivity contribution in [2.75, 3.05) is 6.54 Å². The molecule has 26 heavy (non-hydrogen) atoms. The molecule has 4 heterocycles. The van der Waals surface area contributed by atoms with E-state index in [1.807, 2.05) is 0 Å². The fourth-order valence-corrected chi connectivity index (χ4v) is 4.38. The third kappa shape index (κ3) is 2.25. The second-order valence-corrected chi connectivity index (χ2v) is 7.15. The lowest BCUT2D eigenvalue weighted by molar-refractivity contribution is -0.143. The van der Waals surface area contributed by atoms with Gasteiger partial charge in [-0.1, -0.05) is 0 Å². The van der Waals surface area contributed by atoms with E-state index >= 15 is 0 Å². The minimum atomic E-state index is -1.15. The lowest BCUT2D eigenvalue weighted by atomic mass is 10.0. The first-order valence-corrected chi connectivity index (χ1v) is 8.72. The highest BCUT2D eigenvalue weighted by Crippen LogP contribution is 2.33. The van der Waals surface area contributed by atoms with Gasteiger partial charge in [0.15, 0.2) is 6.04 Å². The number of carbonyl (C=O) groups excluding carboxylic acids is 1. The molecule has 0 spiro atoms. The van der Waals surface area contributed by atoms with E-state index in [0.29, 0.717) is 32.8 Å². The number of amides is 1. The largest absolute Gasteiger partial charge is 0.479 e. The van der Waals surface area contributed by atoms with Crippen LogP contribution in [0.4, 0.5) is 0 Å². The number of hydrogen-bond donors (Lipinski definition) is 2. The minimum absolute atomic E-state index is 0.231. The number of aromatic nitrogens is 4. The molecule has 1 aliphatic rings. The molecule has 1 amide bonds. The summed E-state index contributed by atoms with van der Waals surface area (Å²) < 4.78 is 1.35. The molecule has 3 aromatic heterocycles. The molecule has 0 aliphatic carbocycles. The van der Waals surface area contributed by atoms with Crippen LogP contribution in [0.15, 0.2) is 17.4 Å². The average Bonchev–Trinajstić information content (AvgIpc) is 3.21. The van der Waals surface area contributed by atoms with Crippen molar-refractivity contribution in [2.24, 2.45) is 7.05 Å². The van der Waals surface area contributed by atoms with Crippen LogP contribution in [0.5, 0.6) is 0 Å². The zero-order valence-electron chi connectivity index (χ0n) is 14.0. The Bertz CT molecular complexity index is 1110. The van der Waals surface area contributed by atoms with Crippen LogP contribution in [0.2, 0.25) is 0 Å². The van der Waals surface area contributed by atoms with Crippen molar-refractivity contribution >= 4 is 33.4 Å². The highest BCUT2D eigenvalue weighted by atomic mass is 32.1. The molecular formula is C16H15N5O4S. The first-order chi connectivity index (χ1) is 12.4. The Kier molecular flexibility index (Phi) is 3.65. The van der Waals surface area contributed by atoms with Gasteiger partial charge in [-0.15, -0.1) is 11.3 Å². The van der Waals surface area contributed by atoms with Crippen molar-refractivity contribution in [3.8, 4) is 0 Å². The number of H-pyrrole nitrogens is 1. The molecule has 2 N–H and O–H groups in total. The summed E-state index contributed by atoms with van der Waals surface area (Å²) in [5, 5.41) is 10.0. The van der Waals surface area contributed by atoms with E-state index in [1.54, 1.807) is 14.0 Å². The maximum Gasteiger partial charge on any atom is 0.332 e. The maximum atomic E-state index is 13.1. The standard InChI is InChI=1S/C16H15N5O4S/c1-7-9-13(19-6-20(2)14(9)22)26-12(7)15(23)21-4-3-8-10(18-5-17-8)11(21)16(24)25/h5-6,11H,3-4H2,1-2H3,(H,17,18)(H,24,25)/t11-/m0/s1. The fourth-order valence-electron chi connectivity index (χ4n) is 3.29. The second kappa shape index (κ2) is 5.77. The zero-order chi connectivity index (χ0) is 18.6. The average molecular weight is 373 g/mol. The van der Waals surface area contributed by atoms with Crippen LogP contribution >= 0.6 is 11.3 Å². The van der Waals surface area contributed by atoms with Gasteiger partial charge in [-0.05, 0) is 12.5 Å². The quantitative estimate of drug-likeness (QED) is 0.687. The molecule has 9 nitrogen and oxygen atoms in total. The van der Waals surface area contributed by atoms with Crippen molar-refractivity contribution in [2.45, 2.75) is 19.4 Å². The zero-order valence-corrected chi connectivity index (χ0v) is 14.8. The molecule has 134 valence electrons. The van der Waals surface area contributed by atoms with Crippen LogP contribution in [-0.2, 0) is 18.3 Å². The number of aryl methyl sites for hydroxylation is 2. The van der Waals surface area contributed by atoms with Crippen LogP contribution in [0.25, 0.3) is 10.2 Å². The van der Waals surface area contributed by atoms with Crippen molar-refractivity contribution in [3.63, 3.8) is 0 Å². The summed E-state index contributed by atoms with van der Waals surface area (Å²) in [6.45, 7) is 1.94. The topological polar surface area (TPSA) is 121 Å².